The van der Waals surface area contributed by atoms with Crippen LogP contribution in [-0.4, -0.2) is 39.6 Å². The maximum atomic E-state index is 12.2. The molecule has 0 saturated carbocycles. The molecule has 1 heterocycles. The number of hydrogen-bond acceptors (Lipinski definition) is 5. The first-order valence-corrected chi connectivity index (χ1v) is 10.9. The third-order valence-corrected chi connectivity index (χ3v) is 5.44. The van der Waals surface area contributed by atoms with Crippen LogP contribution in [0.15, 0.2) is 66.3 Å². The number of thioether (sulfide) groups is 1. The number of carbonyl (C=O) groups is 1. The van der Waals surface area contributed by atoms with Crippen molar-refractivity contribution in [3.8, 4) is 17.1 Å². The maximum Gasteiger partial charge on any atom is 0.230 e. The molecule has 9 heteroatoms. The second-order valence-electron chi connectivity index (χ2n) is 6.15. The molecule has 0 aliphatic rings. The van der Waals surface area contributed by atoms with Gasteiger partial charge >= 0.3 is 0 Å². The Morgan fingerprint density at radius 2 is 1.77 bits per heavy atom. The van der Waals surface area contributed by atoms with Crippen molar-refractivity contribution < 1.29 is 9.53 Å². The Labute approximate surface area is 189 Å². The Bertz CT molecular complexity index is 991. The van der Waals surface area contributed by atoms with Crippen molar-refractivity contribution in [2.75, 3.05) is 18.9 Å². The number of halogens is 2. The Morgan fingerprint density at radius 3 is 2.43 bits per heavy atom. The molecule has 0 aliphatic heterocycles. The van der Waals surface area contributed by atoms with E-state index in [1.54, 1.807) is 42.5 Å². The van der Waals surface area contributed by atoms with Gasteiger partial charge in [0, 0.05) is 22.2 Å². The Balaban J connectivity index is 1.50. The van der Waals surface area contributed by atoms with Crippen LogP contribution in [0.2, 0.25) is 10.0 Å². The molecule has 1 N–H and O–H groups in total. The summed E-state index contributed by atoms with van der Waals surface area (Å²) in [7, 11) is 0. The van der Waals surface area contributed by atoms with Gasteiger partial charge in [-0.1, -0.05) is 41.0 Å². The number of benzene rings is 2. The van der Waals surface area contributed by atoms with Gasteiger partial charge in [0.15, 0.2) is 11.0 Å². The summed E-state index contributed by atoms with van der Waals surface area (Å²) in [6, 6.07) is 14.4. The molecule has 1 amide bonds. The third-order valence-electron chi connectivity index (χ3n) is 3.97. The molecule has 0 atom stereocenters. The zero-order valence-electron chi connectivity index (χ0n) is 16.1. The smallest absolute Gasteiger partial charge is 0.230 e. The monoisotopic (exact) mass is 462 g/mol. The lowest BCUT2D eigenvalue weighted by molar-refractivity contribution is -0.118. The van der Waals surface area contributed by atoms with Gasteiger partial charge in [0.25, 0.3) is 0 Å². The average molecular weight is 463 g/mol. The van der Waals surface area contributed by atoms with Crippen LogP contribution in [-0.2, 0) is 11.3 Å². The second-order valence-corrected chi connectivity index (χ2v) is 7.97. The van der Waals surface area contributed by atoms with Gasteiger partial charge in [-0.2, -0.15) is 0 Å². The largest absolute Gasteiger partial charge is 0.492 e. The Kier molecular flexibility index (Phi) is 8.19. The standard InChI is InChI=1S/C21H20Cl2N4O2S/c1-2-12-27-20(15-3-5-16(22)6-4-15)25-26-21(27)30-14-19(28)24-11-13-29-18-9-7-17(23)8-10-18/h2-10H,1,11-14H2,(H,24,28). The highest BCUT2D eigenvalue weighted by Crippen LogP contribution is 2.25. The molecule has 0 unspecified atom stereocenters. The van der Waals surface area contributed by atoms with Gasteiger partial charge in [-0.15, -0.1) is 16.8 Å². The summed E-state index contributed by atoms with van der Waals surface area (Å²) in [5, 5.41) is 13.3. The van der Waals surface area contributed by atoms with E-state index < -0.39 is 0 Å². The van der Waals surface area contributed by atoms with Crippen LogP contribution in [0, 0.1) is 0 Å². The summed E-state index contributed by atoms with van der Waals surface area (Å²) in [6.07, 6.45) is 1.76. The topological polar surface area (TPSA) is 69.0 Å². The molecule has 30 heavy (non-hydrogen) atoms. The molecule has 0 radical (unpaired) electrons. The fourth-order valence-corrected chi connectivity index (χ4v) is 3.60. The van der Waals surface area contributed by atoms with Gasteiger partial charge in [0.05, 0.1) is 12.3 Å². The zero-order chi connectivity index (χ0) is 21.3. The van der Waals surface area contributed by atoms with Gasteiger partial charge in [0.1, 0.15) is 12.4 Å². The van der Waals surface area contributed by atoms with E-state index in [9.17, 15) is 4.79 Å². The van der Waals surface area contributed by atoms with Crippen LogP contribution >= 0.6 is 35.0 Å². The van der Waals surface area contributed by atoms with Crippen LogP contribution in [0.3, 0.4) is 0 Å². The minimum Gasteiger partial charge on any atom is -0.492 e. The summed E-state index contributed by atoms with van der Waals surface area (Å²) in [6.45, 7) is 5.09. The second kappa shape index (κ2) is 11.1. The lowest BCUT2D eigenvalue weighted by Crippen LogP contribution is -2.29. The van der Waals surface area contributed by atoms with Crippen molar-refractivity contribution >= 4 is 40.9 Å². The fraction of sp³-hybridized carbons (Fsp3) is 0.190. The highest BCUT2D eigenvalue weighted by molar-refractivity contribution is 7.99. The lowest BCUT2D eigenvalue weighted by Gasteiger charge is -2.09. The number of nitrogens with one attached hydrogen (secondary N) is 1. The molecular weight excluding hydrogens is 443 g/mol. The molecule has 156 valence electrons. The maximum absolute atomic E-state index is 12.2. The van der Waals surface area contributed by atoms with Gasteiger partial charge in [-0.25, -0.2) is 0 Å². The molecule has 0 bridgehead atoms. The summed E-state index contributed by atoms with van der Waals surface area (Å²) < 4.78 is 7.47. The molecule has 3 aromatic rings. The van der Waals surface area contributed by atoms with E-state index in [4.69, 9.17) is 27.9 Å². The van der Waals surface area contributed by atoms with Gasteiger partial charge in [0.2, 0.25) is 5.91 Å². The van der Waals surface area contributed by atoms with Crippen molar-refractivity contribution in [1.29, 1.82) is 0 Å². The van der Waals surface area contributed by atoms with Crippen LogP contribution in [0.25, 0.3) is 11.4 Å². The highest BCUT2D eigenvalue weighted by atomic mass is 35.5. The van der Waals surface area contributed by atoms with Gasteiger partial charge < -0.3 is 10.1 Å². The summed E-state index contributed by atoms with van der Waals surface area (Å²) in [5.41, 5.74) is 0.893. The first-order valence-electron chi connectivity index (χ1n) is 9.14. The third kappa shape index (κ3) is 6.26. The number of nitrogens with zero attached hydrogens (tertiary/aromatic N) is 3. The van der Waals surface area contributed by atoms with E-state index in [2.05, 4.69) is 22.1 Å². The van der Waals surface area contributed by atoms with Crippen LogP contribution in [0.5, 0.6) is 5.75 Å². The summed E-state index contributed by atoms with van der Waals surface area (Å²) >= 11 is 13.1. The highest BCUT2D eigenvalue weighted by Gasteiger charge is 2.15. The quantitative estimate of drug-likeness (QED) is 0.268. The number of ether oxygens (including phenoxy) is 1. The van der Waals surface area contributed by atoms with Crippen LogP contribution in [0.1, 0.15) is 0 Å². The normalized spacial score (nSPS) is 10.6. The van der Waals surface area contributed by atoms with E-state index in [0.717, 1.165) is 5.56 Å². The predicted octanol–water partition coefficient (Wildman–Crippen LogP) is 4.73. The molecule has 0 aliphatic carbocycles. The molecular formula is C21H20Cl2N4O2S. The van der Waals surface area contributed by atoms with Crippen molar-refractivity contribution in [2.45, 2.75) is 11.7 Å². The van der Waals surface area contributed by atoms with E-state index in [1.807, 2.05) is 16.7 Å². The zero-order valence-corrected chi connectivity index (χ0v) is 18.4. The van der Waals surface area contributed by atoms with Crippen LogP contribution < -0.4 is 10.1 Å². The average Bonchev–Trinajstić information content (AvgIpc) is 3.14. The van der Waals surface area contributed by atoms with Crippen molar-refractivity contribution in [2.24, 2.45) is 0 Å². The minimum absolute atomic E-state index is 0.110. The van der Waals surface area contributed by atoms with Gasteiger partial charge in [-0.05, 0) is 48.5 Å². The van der Waals surface area contributed by atoms with Crippen molar-refractivity contribution in [1.82, 2.24) is 20.1 Å². The Hall–Kier alpha value is -2.48. The fourth-order valence-electron chi connectivity index (χ4n) is 2.57. The minimum atomic E-state index is -0.110. The molecule has 3 rings (SSSR count). The predicted molar refractivity (Wildman–Crippen MR) is 121 cm³/mol. The first kappa shape index (κ1) is 22.2. The number of aromatic nitrogens is 3. The van der Waals surface area contributed by atoms with Gasteiger partial charge in [-0.3, -0.25) is 9.36 Å². The van der Waals surface area contributed by atoms with E-state index >= 15 is 0 Å². The van der Waals surface area contributed by atoms with E-state index in [0.29, 0.717) is 46.5 Å². The van der Waals surface area contributed by atoms with Crippen LogP contribution in [0.4, 0.5) is 0 Å². The number of allylic oxidation sites excluding steroid dienone is 1. The van der Waals surface area contributed by atoms with Crippen molar-refractivity contribution in [3.63, 3.8) is 0 Å². The van der Waals surface area contributed by atoms with E-state index in [-0.39, 0.29) is 11.7 Å². The summed E-state index contributed by atoms with van der Waals surface area (Å²) in [5.74, 6) is 1.51. The number of rotatable bonds is 10. The lowest BCUT2D eigenvalue weighted by atomic mass is 10.2. The first-order chi connectivity index (χ1) is 14.6. The molecule has 6 nitrogen and oxygen atoms in total. The molecule has 0 fully saturated rings. The molecule has 2 aromatic carbocycles. The SMILES string of the molecule is C=CCn1c(SCC(=O)NCCOc2ccc(Cl)cc2)nnc1-c1ccc(Cl)cc1. The number of amides is 1. The number of hydrogen-bond donors (Lipinski definition) is 1. The number of carbonyl (C=O) groups excluding carboxylic acids is 1. The Morgan fingerprint density at radius 1 is 1.10 bits per heavy atom. The van der Waals surface area contributed by atoms with Crippen molar-refractivity contribution in [3.05, 3.63) is 71.2 Å². The van der Waals surface area contributed by atoms with E-state index in [1.165, 1.54) is 11.8 Å². The molecule has 1 aromatic heterocycles. The molecule has 0 spiro atoms. The summed E-state index contributed by atoms with van der Waals surface area (Å²) in [4.78, 5) is 12.2. The molecule has 0 saturated heterocycles.